The highest BCUT2D eigenvalue weighted by molar-refractivity contribution is 5.95. The predicted molar refractivity (Wildman–Crippen MR) is 90.2 cm³/mol. The standard InChI is InChI=1S/C18H23N3O2/c1-13-10-17(14(2)23-13)18(22)21-8-6-20(7-9-21)12-15-4-3-5-16(19)11-15/h3-5,10-11H,6-9,12,19H2,1-2H3. The van der Waals surface area contributed by atoms with Gasteiger partial charge in [-0.15, -0.1) is 0 Å². The van der Waals surface area contributed by atoms with Crippen molar-refractivity contribution in [3.63, 3.8) is 0 Å². The SMILES string of the molecule is Cc1cc(C(=O)N2CCN(Cc3cccc(N)c3)CC2)c(C)o1. The number of aryl methyl sites for hydroxylation is 2. The van der Waals surface area contributed by atoms with Crippen molar-refractivity contribution in [2.24, 2.45) is 0 Å². The molecule has 0 bridgehead atoms. The van der Waals surface area contributed by atoms with Gasteiger partial charge in [0.05, 0.1) is 5.56 Å². The van der Waals surface area contributed by atoms with Crippen LogP contribution in [-0.2, 0) is 6.54 Å². The van der Waals surface area contributed by atoms with E-state index in [4.69, 9.17) is 10.2 Å². The number of amides is 1. The van der Waals surface area contributed by atoms with E-state index < -0.39 is 0 Å². The van der Waals surface area contributed by atoms with E-state index in [1.165, 1.54) is 5.56 Å². The van der Waals surface area contributed by atoms with Crippen LogP contribution < -0.4 is 5.73 Å². The van der Waals surface area contributed by atoms with Crippen molar-refractivity contribution in [1.29, 1.82) is 0 Å². The minimum atomic E-state index is 0.0722. The Morgan fingerprint density at radius 2 is 1.91 bits per heavy atom. The molecule has 2 heterocycles. The van der Waals surface area contributed by atoms with Crippen molar-refractivity contribution >= 4 is 11.6 Å². The summed E-state index contributed by atoms with van der Waals surface area (Å²) in [5, 5.41) is 0. The molecule has 1 saturated heterocycles. The van der Waals surface area contributed by atoms with Gasteiger partial charge in [0.1, 0.15) is 11.5 Å². The quantitative estimate of drug-likeness (QED) is 0.884. The van der Waals surface area contributed by atoms with E-state index in [2.05, 4.69) is 11.0 Å². The average molecular weight is 313 g/mol. The van der Waals surface area contributed by atoms with Gasteiger partial charge in [-0.2, -0.15) is 0 Å². The molecule has 0 unspecified atom stereocenters. The molecule has 1 amide bonds. The largest absolute Gasteiger partial charge is 0.466 e. The number of nitrogens with zero attached hydrogens (tertiary/aromatic N) is 2. The van der Waals surface area contributed by atoms with Gasteiger partial charge in [0.15, 0.2) is 0 Å². The molecule has 1 aromatic heterocycles. The molecule has 0 radical (unpaired) electrons. The Bertz CT molecular complexity index is 700. The van der Waals surface area contributed by atoms with Crippen LogP contribution in [0.3, 0.4) is 0 Å². The molecule has 1 fully saturated rings. The summed E-state index contributed by atoms with van der Waals surface area (Å²) in [6.45, 7) is 7.81. The van der Waals surface area contributed by atoms with Gasteiger partial charge in [-0.25, -0.2) is 0 Å². The van der Waals surface area contributed by atoms with Gasteiger partial charge in [0.25, 0.3) is 5.91 Å². The van der Waals surface area contributed by atoms with E-state index >= 15 is 0 Å². The third-order valence-electron chi connectivity index (χ3n) is 4.29. The number of benzene rings is 1. The zero-order chi connectivity index (χ0) is 16.4. The van der Waals surface area contributed by atoms with Crippen LogP contribution in [-0.4, -0.2) is 41.9 Å². The smallest absolute Gasteiger partial charge is 0.257 e. The molecule has 3 rings (SSSR count). The first kappa shape index (κ1) is 15.6. The minimum Gasteiger partial charge on any atom is -0.466 e. The molecule has 0 spiro atoms. The first-order valence-corrected chi connectivity index (χ1v) is 7.96. The van der Waals surface area contributed by atoms with Gasteiger partial charge in [-0.05, 0) is 37.6 Å². The molecule has 122 valence electrons. The van der Waals surface area contributed by atoms with E-state index in [0.29, 0.717) is 11.3 Å². The van der Waals surface area contributed by atoms with Crippen LogP contribution in [0.2, 0.25) is 0 Å². The summed E-state index contributed by atoms with van der Waals surface area (Å²) in [5.74, 6) is 1.56. The maximum absolute atomic E-state index is 12.6. The van der Waals surface area contributed by atoms with Crippen molar-refractivity contribution in [3.05, 3.63) is 53.0 Å². The Kier molecular flexibility index (Phi) is 4.39. The summed E-state index contributed by atoms with van der Waals surface area (Å²) in [6, 6.07) is 9.81. The third-order valence-corrected chi connectivity index (χ3v) is 4.29. The summed E-state index contributed by atoms with van der Waals surface area (Å²) in [6.07, 6.45) is 0. The maximum atomic E-state index is 12.6. The van der Waals surface area contributed by atoms with Crippen LogP contribution in [0.5, 0.6) is 0 Å². The second-order valence-electron chi connectivity index (χ2n) is 6.14. The van der Waals surface area contributed by atoms with E-state index in [1.807, 2.05) is 43.0 Å². The fraction of sp³-hybridized carbons (Fsp3) is 0.389. The van der Waals surface area contributed by atoms with Gasteiger partial charge < -0.3 is 15.1 Å². The summed E-state index contributed by atoms with van der Waals surface area (Å²) in [5.41, 5.74) is 8.52. The number of rotatable bonds is 3. The maximum Gasteiger partial charge on any atom is 0.257 e. The number of nitrogen functional groups attached to an aromatic ring is 1. The predicted octanol–water partition coefficient (Wildman–Crippen LogP) is 2.44. The molecule has 2 N–H and O–H groups in total. The minimum absolute atomic E-state index is 0.0722. The Hall–Kier alpha value is -2.27. The third kappa shape index (κ3) is 3.56. The fourth-order valence-corrected chi connectivity index (χ4v) is 3.07. The fourth-order valence-electron chi connectivity index (χ4n) is 3.07. The average Bonchev–Trinajstić information content (AvgIpc) is 2.86. The Morgan fingerprint density at radius 3 is 2.52 bits per heavy atom. The molecule has 1 aromatic carbocycles. The van der Waals surface area contributed by atoms with Crippen LogP contribution in [0.1, 0.15) is 27.4 Å². The number of carbonyl (C=O) groups is 1. The molecule has 0 atom stereocenters. The lowest BCUT2D eigenvalue weighted by Crippen LogP contribution is -2.48. The highest BCUT2D eigenvalue weighted by Gasteiger charge is 2.24. The molecule has 23 heavy (non-hydrogen) atoms. The van der Waals surface area contributed by atoms with Crippen molar-refractivity contribution in [3.8, 4) is 0 Å². The van der Waals surface area contributed by atoms with E-state index in [1.54, 1.807) is 0 Å². The summed E-state index contributed by atoms with van der Waals surface area (Å²) < 4.78 is 5.47. The van der Waals surface area contributed by atoms with Crippen LogP contribution in [0.15, 0.2) is 34.7 Å². The second-order valence-corrected chi connectivity index (χ2v) is 6.14. The molecule has 0 aliphatic carbocycles. The zero-order valence-corrected chi connectivity index (χ0v) is 13.7. The number of nitrogens with two attached hydrogens (primary N) is 1. The van der Waals surface area contributed by atoms with Crippen molar-refractivity contribution in [2.45, 2.75) is 20.4 Å². The summed E-state index contributed by atoms with van der Waals surface area (Å²) in [4.78, 5) is 16.8. The summed E-state index contributed by atoms with van der Waals surface area (Å²) in [7, 11) is 0. The number of furan rings is 1. The van der Waals surface area contributed by atoms with Crippen LogP contribution >= 0.6 is 0 Å². The molecule has 0 saturated carbocycles. The monoisotopic (exact) mass is 313 g/mol. The van der Waals surface area contributed by atoms with Gasteiger partial charge in [0.2, 0.25) is 0 Å². The van der Waals surface area contributed by atoms with E-state index in [-0.39, 0.29) is 5.91 Å². The molecule has 2 aromatic rings. The Labute approximate surface area is 136 Å². The van der Waals surface area contributed by atoms with Gasteiger partial charge in [-0.1, -0.05) is 12.1 Å². The number of piperazine rings is 1. The van der Waals surface area contributed by atoms with E-state index in [0.717, 1.165) is 44.2 Å². The lowest BCUT2D eigenvalue weighted by Gasteiger charge is -2.34. The lowest BCUT2D eigenvalue weighted by molar-refractivity contribution is 0.0627. The molecule has 1 aliphatic rings. The summed E-state index contributed by atoms with van der Waals surface area (Å²) >= 11 is 0. The number of anilines is 1. The van der Waals surface area contributed by atoms with Crippen molar-refractivity contribution in [1.82, 2.24) is 9.80 Å². The van der Waals surface area contributed by atoms with Crippen LogP contribution in [0.4, 0.5) is 5.69 Å². The molecule has 5 nitrogen and oxygen atoms in total. The van der Waals surface area contributed by atoms with Gasteiger partial charge in [0, 0.05) is 38.4 Å². The number of hydrogen-bond donors (Lipinski definition) is 1. The molecule has 5 heteroatoms. The Balaban J connectivity index is 1.58. The Morgan fingerprint density at radius 1 is 1.17 bits per heavy atom. The number of carbonyl (C=O) groups excluding carboxylic acids is 1. The highest BCUT2D eigenvalue weighted by atomic mass is 16.3. The molecular formula is C18H23N3O2. The van der Waals surface area contributed by atoms with Crippen molar-refractivity contribution in [2.75, 3.05) is 31.9 Å². The molecule has 1 aliphatic heterocycles. The topological polar surface area (TPSA) is 62.7 Å². The first-order valence-electron chi connectivity index (χ1n) is 7.96. The molecular weight excluding hydrogens is 290 g/mol. The van der Waals surface area contributed by atoms with Crippen molar-refractivity contribution < 1.29 is 9.21 Å². The zero-order valence-electron chi connectivity index (χ0n) is 13.7. The lowest BCUT2D eigenvalue weighted by atomic mass is 10.1. The van der Waals surface area contributed by atoms with E-state index in [9.17, 15) is 4.79 Å². The number of hydrogen-bond acceptors (Lipinski definition) is 4. The van der Waals surface area contributed by atoms with Gasteiger partial charge in [-0.3, -0.25) is 9.69 Å². The van der Waals surface area contributed by atoms with Crippen LogP contribution in [0.25, 0.3) is 0 Å². The first-order chi connectivity index (χ1) is 11.0. The van der Waals surface area contributed by atoms with Crippen LogP contribution in [0, 0.1) is 13.8 Å². The highest BCUT2D eigenvalue weighted by Crippen LogP contribution is 2.18. The second kappa shape index (κ2) is 6.46. The van der Waals surface area contributed by atoms with Gasteiger partial charge >= 0.3 is 0 Å². The normalized spacial score (nSPS) is 15.8.